The SMILES string of the molecule is Cn1ncc(N2CCOCC2)c1-c1nnc(N[C@H]2N=C(c3ccccc3)c3ccccc3CC2=O)o1. The number of nitrogens with one attached hydrogen (secondary N) is 1. The predicted octanol–water partition coefficient (Wildman–Crippen LogP) is 2.71. The van der Waals surface area contributed by atoms with Crippen LogP contribution in [0.15, 0.2) is 70.2 Å². The number of aryl methyl sites for hydroxylation is 1. The zero-order chi connectivity index (χ0) is 24.5. The van der Waals surface area contributed by atoms with Gasteiger partial charge in [0.25, 0.3) is 5.89 Å². The van der Waals surface area contributed by atoms with E-state index in [0.29, 0.717) is 24.8 Å². The molecule has 2 aliphatic heterocycles. The molecule has 0 radical (unpaired) electrons. The number of nitrogens with zero attached hydrogens (tertiary/aromatic N) is 6. The molecular weight excluding hydrogens is 458 g/mol. The third-order valence-corrected chi connectivity index (χ3v) is 6.41. The summed E-state index contributed by atoms with van der Waals surface area (Å²) in [5.41, 5.74) is 5.17. The molecule has 0 spiro atoms. The maximum Gasteiger partial charge on any atom is 0.317 e. The van der Waals surface area contributed by atoms with Crippen LogP contribution in [0, 0.1) is 0 Å². The third-order valence-electron chi connectivity index (χ3n) is 6.41. The van der Waals surface area contributed by atoms with Gasteiger partial charge in [-0.3, -0.25) is 14.5 Å². The highest BCUT2D eigenvalue weighted by molar-refractivity contribution is 6.16. The maximum absolute atomic E-state index is 13.2. The summed E-state index contributed by atoms with van der Waals surface area (Å²) in [6, 6.07) is 17.8. The Morgan fingerprint density at radius 2 is 1.78 bits per heavy atom. The predicted molar refractivity (Wildman–Crippen MR) is 134 cm³/mol. The fourth-order valence-electron chi connectivity index (χ4n) is 4.60. The first-order valence-corrected chi connectivity index (χ1v) is 11.9. The lowest BCUT2D eigenvalue weighted by molar-refractivity contribution is -0.119. The summed E-state index contributed by atoms with van der Waals surface area (Å²) in [7, 11) is 1.83. The van der Waals surface area contributed by atoms with E-state index in [9.17, 15) is 4.79 Å². The topological polar surface area (TPSA) is 111 Å². The lowest BCUT2D eigenvalue weighted by Gasteiger charge is -2.28. The Bertz CT molecular complexity index is 1420. The van der Waals surface area contributed by atoms with Crippen molar-refractivity contribution in [3.05, 3.63) is 77.5 Å². The molecule has 0 unspecified atom stereocenters. The van der Waals surface area contributed by atoms with E-state index in [1.54, 1.807) is 10.9 Å². The molecule has 10 heteroatoms. The Hall–Kier alpha value is -4.31. The van der Waals surface area contributed by atoms with Gasteiger partial charge in [0, 0.05) is 37.7 Å². The van der Waals surface area contributed by atoms with E-state index in [1.807, 2.05) is 61.6 Å². The van der Waals surface area contributed by atoms with Gasteiger partial charge in [-0.2, -0.15) is 5.10 Å². The zero-order valence-corrected chi connectivity index (χ0v) is 19.8. The standard InChI is InChI=1S/C26H25N7O3/c1-32-23(20(16-27-32)33-11-13-35-14-12-33)25-30-31-26(36-25)29-24-21(34)15-18-9-5-6-10-19(18)22(28-24)17-7-3-2-4-8-17/h2-10,16,24H,11-15H2,1H3,(H,29,31)/t24-/m1/s1. The molecule has 6 rings (SSSR count). The molecule has 4 aromatic rings. The van der Waals surface area contributed by atoms with Gasteiger partial charge in [-0.25, -0.2) is 0 Å². The number of anilines is 2. The van der Waals surface area contributed by atoms with Gasteiger partial charge in [0.2, 0.25) is 0 Å². The highest BCUT2D eigenvalue weighted by atomic mass is 16.5. The van der Waals surface area contributed by atoms with Crippen LogP contribution in [0.2, 0.25) is 0 Å². The Balaban J connectivity index is 1.32. The monoisotopic (exact) mass is 483 g/mol. The number of morpholine rings is 1. The van der Waals surface area contributed by atoms with E-state index >= 15 is 0 Å². The normalized spacial score (nSPS) is 17.9. The lowest BCUT2D eigenvalue weighted by atomic mass is 9.96. The first kappa shape index (κ1) is 22.2. The second-order valence-corrected chi connectivity index (χ2v) is 8.70. The van der Waals surface area contributed by atoms with E-state index in [2.05, 4.69) is 25.5 Å². The van der Waals surface area contributed by atoms with Crippen LogP contribution in [-0.4, -0.2) is 63.9 Å². The fourth-order valence-corrected chi connectivity index (χ4v) is 4.60. The summed E-state index contributed by atoms with van der Waals surface area (Å²) >= 11 is 0. The van der Waals surface area contributed by atoms with Crippen LogP contribution in [0.3, 0.4) is 0 Å². The summed E-state index contributed by atoms with van der Waals surface area (Å²) in [6.45, 7) is 2.82. The number of aromatic nitrogens is 4. The van der Waals surface area contributed by atoms with Crippen molar-refractivity contribution >= 4 is 23.2 Å². The van der Waals surface area contributed by atoms with Crippen LogP contribution in [0.25, 0.3) is 11.6 Å². The van der Waals surface area contributed by atoms with Gasteiger partial charge in [-0.15, -0.1) is 5.10 Å². The third kappa shape index (κ3) is 4.16. The second-order valence-electron chi connectivity index (χ2n) is 8.70. The molecule has 10 nitrogen and oxygen atoms in total. The average Bonchev–Trinajstić information content (AvgIpc) is 3.50. The first-order chi connectivity index (χ1) is 17.7. The van der Waals surface area contributed by atoms with Gasteiger partial charge in [-0.05, 0) is 5.56 Å². The molecule has 182 valence electrons. The fraction of sp³-hybridized carbons (Fsp3) is 0.269. The van der Waals surface area contributed by atoms with Crippen LogP contribution < -0.4 is 10.2 Å². The molecule has 1 saturated heterocycles. The van der Waals surface area contributed by atoms with Crippen LogP contribution in [0.5, 0.6) is 0 Å². The lowest BCUT2D eigenvalue weighted by Crippen LogP contribution is -2.36. The molecule has 2 aliphatic rings. The number of carbonyl (C=O) groups excluding carboxylic acids is 1. The Kier molecular flexibility index (Phi) is 5.78. The number of hydrogen-bond acceptors (Lipinski definition) is 9. The summed E-state index contributed by atoms with van der Waals surface area (Å²) in [6.07, 6.45) is 1.17. The highest BCUT2D eigenvalue weighted by Gasteiger charge is 2.28. The minimum atomic E-state index is -0.869. The van der Waals surface area contributed by atoms with Crippen molar-refractivity contribution in [3.8, 4) is 11.6 Å². The molecule has 1 atom stereocenters. The average molecular weight is 484 g/mol. The molecule has 0 saturated carbocycles. The maximum atomic E-state index is 13.2. The number of benzene rings is 2. The molecule has 0 amide bonds. The first-order valence-electron chi connectivity index (χ1n) is 11.9. The van der Waals surface area contributed by atoms with Crippen molar-refractivity contribution in [2.24, 2.45) is 12.0 Å². The van der Waals surface area contributed by atoms with E-state index in [0.717, 1.165) is 41.2 Å². The molecule has 0 bridgehead atoms. The van der Waals surface area contributed by atoms with Gasteiger partial charge in [0.05, 0.1) is 30.8 Å². The number of rotatable bonds is 5. The van der Waals surface area contributed by atoms with Crippen molar-refractivity contribution < 1.29 is 13.9 Å². The number of carbonyl (C=O) groups is 1. The zero-order valence-electron chi connectivity index (χ0n) is 19.8. The van der Waals surface area contributed by atoms with Crippen LogP contribution >= 0.6 is 0 Å². The van der Waals surface area contributed by atoms with E-state index in [-0.39, 0.29) is 18.2 Å². The summed E-state index contributed by atoms with van der Waals surface area (Å²) in [5, 5.41) is 15.9. The molecule has 0 aliphatic carbocycles. The Labute approximate surface area is 207 Å². The summed E-state index contributed by atoms with van der Waals surface area (Å²) in [5.74, 6) is 0.235. The van der Waals surface area contributed by atoms with Gasteiger partial charge in [0.1, 0.15) is 5.69 Å². The highest BCUT2D eigenvalue weighted by Crippen LogP contribution is 2.31. The molecule has 2 aromatic carbocycles. The quantitative estimate of drug-likeness (QED) is 0.461. The number of ether oxygens (including phenoxy) is 1. The van der Waals surface area contributed by atoms with Crippen molar-refractivity contribution in [2.45, 2.75) is 12.6 Å². The number of Topliss-reactive ketones (excluding diaryl/α,β-unsaturated/α-hetero) is 1. The van der Waals surface area contributed by atoms with Crippen LogP contribution in [0.1, 0.15) is 16.7 Å². The Morgan fingerprint density at radius 1 is 1.00 bits per heavy atom. The van der Waals surface area contributed by atoms with Crippen molar-refractivity contribution in [2.75, 3.05) is 36.5 Å². The largest absolute Gasteiger partial charge is 0.402 e. The van der Waals surface area contributed by atoms with E-state index in [1.165, 1.54) is 0 Å². The van der Waals surface area contributed by atoms with E-state index < -0.39 is 6.17 Å². The van der Waals surface area contributed by atoms with Gasteiger partial charge in [-0.1, -0.05) is 59.7 Å². The van der Waals surface area contributed by atoms with Crippen LogP contribution in [-0.2, 0) is 23.0 Å². The van der Waals surface area contributed by atoms with Gasteiger partial charge in [0.15, 0.2) is 11.9 Å². The summed E-state index contributed by atoms with van der Waals surface area (Å²) < 4.78 is 13.2. The number of aliphatic imine (C=N–C) groups is 1. The molecular formula is C26H25N7O3. The van der Waals surface area contributed by atoms with E-state index in [4.69, 9.17) is 14.1 Å². The molecule has 1 N–H and O–H groups in total. The minimum absolute atomic E-state index is 0.0809. The smallest absolute Gasteiger partial charge is 0.317 e. The van der Waals surface area contributed by atoms with Crippen molar-refractivity contribution in [1.82, 2.24) is 20.0 Å². The number of ketones is 1. The molecule has 2 aromatic heterocycles. The van der Waals surface area contributed by atoms with Crippen LogP contribution in [0.4, 0.5) is 11.7 Å². The molecule has 1 fully saturated rings. The van der Waals surface area contributed by atoms with Crippen molar-refractivity contribution in [1.29, 1.82) is 0 Å². The van der Waals surface area contributed by atoms with Gasteiger partial charge < -0.3 is 19.4 Å². The second kappa shape index (κ2) is 9.38. The Morgan fingerprint density at radius 3 is 2.61 bits per heavy atom. The molecule has 36 heavy (non-hydrogen) atoms. The number of hydrogen-bond donors (Lipinski definition) is 1. The molecule has 4 heterocycles. The number of fused-ring (bicyclic) bond motifs is 1. The van der Waals surface area contributed by atoms with Crippen molar-refractivity contribution in [3.63, 3.8) is 0 Å². The van der Waals surface area contributed by atoms with Gasteiger partial charge >= 0.3 is 6.01 Å². The minimum Gasteiger partial charge on any atom is -0.402 e. The summed E-state index contributed by atoms with van der Waals surface area (Å²) in [4.78, 5) is 20.2.